The topological polar surface area (TPSA) is 62.7 Å². The molecule has 1 atom stereocenters. The zero-order chi connectivity index (χ0) is 14.6. The normalized spacial score (nSPS) is 23.9. The van der Waals surface area contributed by atoms with Crippen LogP contribution in [0, 0.1) is 12.3 Å². The number of hydrogen-bond acceptors (Lipinski definition) is 5. The fourth-order valence-electron chi connectivity index (χ4n) is 2.83. The third kappa shape index (κ3) is 3.37. The van der Waals surface area contributed by atoms with Gasteiger partial charge in [-0.25, -0.2) is 4.98 Å². The molecule has 1 aliphatic heterocycles. The minimum atomic E-state index is -0.694. The first-order valence-corrected chi connectivity index (χ1v) is 7.79. The minimum Gasteiger partial charge on any atom is -0.481 e. The smallest absolute Gasteiger partial charge is 0.311 e. The second kappa shape index (κ2) is 6.65. The zero-order valence-electron chi connectivity index (χ0n) is 12.1. The van der Waals surface area contributed by atoms with Gasteiger partial charge in [-0.3, -0.25) is 9.69 Å². The third-order valence-corrected chi connectivity index (χ3v) is 5.03. The number of carbonyl (C=O) groups is 1. The Morgan fingerprint density at radius 1 is 1.65 bits per heavy atom. The van der Waals surface area contributed by atoms with Crippen LogP contribution >= 0.6 is 11.3 Å². The zero-order valence-corrected chi connectivity index (χ0v) is 12.9. The highest BCUT2D eigenvalue weighted by Crippen LogP contribution is 2.35. The fourth-order valence-corrected chi connectivity index (χ4v) is 3.64. The average molecular weight is 298 g/mol. The van der Waals surface area contributed by atoms with Crippen molar-refractivity contribution < 1.29 is 14.6 Å². The highest BCUT2D eigenvalue weighted by atomic mass is 32.1. The van der Waals surface area contributed by atoms with Gasteiger partial charge in [0.05, 0.1) is 16.6 Å². The molecule has 2 rings (SSSR count). The number of hydrogen-bond donors (Lipinski definition) is 1. The highest BCUT2D eigenvalue weighted by Gasteiger charge is 2.42. The Hall–Kier alpha value is -0.980. The number of aliphatic carboxylic acids is 1. The molecule has 1 saturated heterocycles. The molecule has 1 aliphatic rings. The minimum absolute atomic E-state index is 0.500. The van der Waals surface area contributed by atoms with Crippen LogP contribution in [0.3, 0.4) is 0 Å². The Balaban J connectivity index is 2.05. The van der Waals surface area contributed by atoms with Gasteiger partial charge in [0.15, 0.2) is 0 Å². The van der Waals surface area contributed by atoms with Gasteiger partial charge in [0.2, 0.25) is 0 Å². The molecule has 0 aromatic carbocycles. The lowest BCUT2D eigenvalue weighted by Crippen LogP contribution is -2.48. The van der Waals surface area contributed by atoms with E-state index in [1.807, 2.05) is 12.4 Å². The van der Waals surface area contributed by atoms with Crippen LogP contribution in [0.2, 0.25) is 0 Å². The van der Waals surface area contributed by atoms with Crippen LogP contribution in [0.5, 0.6) is 0 Å². The molecule has 1 aromatic rings. The van der Waals surface area contributed by atoms with Crippen LogP contribution < -0.4 is 0 Å². The molecule has 1 N–H and O–H groups in total. The Morgan fingerprint density at radius 3 is 3.05 bits per heavy atom. The standard InChI is InChI=1S/C14H22N2O3S/c1-11-12(20-10-15-11)8-16-6-3-4-14(9-16,13(17)18)5-7-19-2/h10H,3-9H2,1-2H3,(H,17,18). The first-order chi connectivity index (χ1) is 9.57. The predicted molar refractivity (Wildman–Crippen MR) is 77.9 cm³/mol. The molecule has 20 heavy (non-hydrogen) atoms. The summed E-state index contributed by atoms with van der Waals surface area (Å²) < 4.78 is 5.09. The van der Waals surface area contributed by atoms with E-state index in [9.17, 15) is 9.90 Å². The lowest BCUT2D eigenvalue weighted by atomic mass is 9.77. The summed E-state index contributed by atoms with van der Waals surface area (Å²) in [5.41, 5.74) is 2.25. The second-order valence-corrected chi connectivity index (χ2v) is 6.44. The van der Waals surface area contributed by atoms with Crippen LogP contribution in [0.4, 0.5) is 0 Å². The summed E-state index contributed by atoms with van der Waals surface area (Å²) in [6, 6.07) is 0. The molecule has 0 radical (unpaired) electrons. The summed E-state index contributed by atoms with van der Waals surface area (Å²) >= 11 is 1.64. The second-order valence-electron chi connectivity index (χ2n) is 5.50. The van der Waals surface area contributed by atoms with Crippen molar-refractivity contribution in [3.63, 3.8) is 0 Å². The van der Waals surface area contributed by atoms with Gasteiger partial charge in [-0.2, -0.15) is 0 Å². The predicted octanol–water partition coefficient (Wildman–Crippen LogP) is 2.15. The fraction of sp³-hybridized carbons (Fsp3) is 0.714. The van der Waals surface area contributed by atoms with Crippen molar-refractivity contribution in [1.82, 2.24) is 9.88 Å². The van der Waals surface area contributed by atoms with E-state index >= 15 is 0 Å². The molecule has 5 nitrogen and oxygen atoms in total. The Kier molecular flexibility index (Phi) is 5.12. The maximum atomic E-state index is 11.7. The van der Waals surface area contributed by atoms with Crippen LogP contribution in [-0.4, -0.2) is 47.8 Å². The summed E-state index contributed by atoms with van der Waals surface area (Å²) in [6.45, 7) is 4.87. The van der Waals surface area contributed by atoms with Crippen molar-refractivity contribution in [2.45, 2.75) is 32.7 Å². The molecule has 0 aliphatic carbocycles. The maximum absolute atomic E-state index is 11.7. The molecule has 0 saturated carbocycles. The molecular weight excluding hydrogens is 276 g/mol. The first-order valence-electron chi connectivity index (χ1n) is 6.91. The van der Waals surface area contributed by atoms with Gasteiger partial charge >= 0.3 is 5.97 Å². The summed E-state index contributed by atoms with van der Waals surface area (Å²) in [5, 5.41) is 9.62. The van der Waals surface area contributed by atoms with Crippen molar-refractivity contribution in [1.29, 1.82) is 0 Å². The molecular formula is C14H22N2O3S. The largest absolute Gasteiger partial charge is 0.481 e. The number of nitrogens with zero attached hydrogens (tertiary/aromatic N) is 2. The van der Waals surface area contributed by atoms with E-state index in [0.717, 1.165) is 31.6 Å². The van der Waals surface area contributed by atoms with Gasteiger partial charge in [0, 0.05) is 31.7 Å². The van der Waals surface area contributed by atoms with Crippen molar-refractivity contribution in [3.05, 3.63) is 16.1 Å². The number of methoxy groups -OCH3 is 1. The molecule has 1 fully saturated rings. The lowest BCUT2D eigenvalue weighted by Gasteiger charge is -2.39. The third-order valence-electron chi connectivity index (χ3n) is 4.11. The van der Waals surface area contributed by atoms with E-state index in [-0.39, 0.29) is 0 Å². The maximum Gasteiger partial charge on any atom is 0.311 e. The summed E-state index contributed by atoms with van der Waals surface area (Å²) in [6.07, 6.45) is 2.24. The molecule has 0 bridgehead atoms. The van der Waals surface area contributed by atoms with Crippen molar-refractivity contribution >= 4 is 17.3 Å². The Morgan fingerprint density at radius 2 is 2.45 bits per heavy atom. The molecule has 1 aromatic heterocycles. The number of carboxylic acid groups (broad SMARTS) is 1. The number of rotatable bonds is 6. The highest BCUT2D eigenvalue weighted by molar-refractivity contribution is 7.09. The van der Waals surface area contributed by atoms with Gasteiger partial charge in [-0.15, -0.1) is 11.3 Å². The Labute approximate surface area is 123 Å². The molecule has 0 amide bonds. The van der Waals surface area contributed by atoms with Gasteiger partial charge in [-0.05, 0) is 32.7 Å². The summed E-state index contributed by atoms with van der Waals surface area (Å²) in [5.74, 6) is -0.694. The monoisotopic (exact) mass is 298 g/mol. The van der Waals surface area contributed by atoms with Crippen LogP contribution in [0.25, 0.3) is 0 Å². The SMILES string of the molecule is COCCC1(C(=O)O)CCCN(Cc2scnc2C)C1. The number of likely N-dealkylation sites (tertiary alicyclic amines) is 1. The van der Waals surface area contributed by atoms with Gasteiger partial charge in [0.25, 0.3) is 0 Å². The van der Waals surface area contributed by atoms with E-state index in [4.69, 9.17) is 4.74 Å². The summed E-state index contributed by atoms with van der Waals surface area (Å²) in [4.78, 5) is 19.4. The number of carboxylic acids is 1. The number of piperidine rings is 1. The van der Waals surface area contributed by atoms with Crippen molar-refractivity contribution in [2.24, 2.45) is 5.41 Å². The van der Waals surface area contributed by atoms with Crippen LogP contribution in [0.15, 0.2) is 5.51 Å². The molecule has 0 spiro atoms. The number of ether oxygens (including phenoxy) is 1. The van der Waals surface area contributed by atoms with Gasteiger partial charge in [-0.1, -0.05) is 0 Å². The quantitative estimate of drug-likeness (QED) is 0.872. The number of thiazole rings is 1. The number of aromatic nitrogens is 1. The van der Waals surface area contributed by atoms with E-state index in [1.165, 1.54) is 4.88 Å². The van der Waals surface area contributed by atoms with Crippen molar-refractivity contribution in [3.8, 4) is 0 Å². The average Bonchev–Trinajstić information content (AvgIpc) is 2.82. The molecule has 6 heteroatoms. The van der Waals surface area contributed by atoms with Gasteiger partial charge < -0.3 is 9.84 Å². The summed E-state index contributed by atoms with van der Waals surface area (Å²) in [7, 11) is 1.62. The first kappa shape index (κ1) is 15.4. The van der Waals surface area contributed by atoms with Gasteiger partial charge in [0.1, 0.15) is 0 Å². The van der Waals surface area contributed by atoms with E-state index < -0.39 is 11.4 Å². The van der Waals surface area contributed by atoms with E-state index in [1.54, 1.807) is 18.4 Å². The van der Waals surface area contributed by atoms with E-state index in [2.05, 4.69) is 9.88 Å². The molecule has 2 heterocycles. The Bertz CT molecular complexity index is 463. The van der Waals surface area contributed by atoms with E-state index in [0.29, 0.717) is 19.6 Å². The van der Waals surface area contributed by atoms with Crippen molar-refractivity contribution in [2.75, 3.05) is 26.8 Å². The van der Waals surface area contributed by atoms with Crippen LogP contribution in [-0.2, 0) is 16.1 Å². The number of aryl methyl sites for hydroxylation is 1. The lowest BCUT2D eigenvalue weighted by molar-refractivity contribution is -0.154. The molecule has 112 valence electrons. The molecule has 1 unspecified atom stereocenters. The van der Waals surface area contributed by atoms with Crippen LogP contribution in [0.1, 0.15) is 29.8 Å².